The average molecular weight is 319 g/mol. The molecule has 0 spiro atoms. The molecule has 0 fully saturated rings. The molecule has 6 heteroatoms. The Morgan fingerprint density at radius 1 is 1.09 bits per heavy atom. The van der Waals surface area contributed by atoms with E-state index < -0.39 is 16.0 Å². The molecule has 0 radical (unpaired) electrons. The first-order valence-corrected chi connectivity index (χ1v) is 8.42. The largest absolute Gasteiger partial charge is 0.478 e. The Hall–Kier alpha value is -2.34. The molecule has 2 rings (SSSR count). The number of hydrogen-bond donors (Lipinski definition) is 1. The van der Waals surface area contributed by atoms with Crippen LogP contribution in [-0.2, 0) is 10.0 Å². The first-order chi connectivity index (χ1) is 10.2. The quantitative estimate of drug-likeness (QED) is 0.940. The third-order valence-corrected chi connectivity index (χ3v) is 4.58. The van der Waals surface area contributed by atoms with Crippen LogP contribution in [0.3, 0.4) is 0 Å². The van der Waals surface area contributed by atoms with E-state index in [9.17, 15) is 18.3 Å². The molecule has 2 aromatic rings. The summed E-state index contributed by atoms with van der Waals surface area (Å²) in [6, 6.07) is 12.1. The summed E-state index contributed by atoms with van der Waals surface area (Å²) in [7, 11) is -2.07. The second-order valence-electron chi connectivity index (χ2n) is 5.17. The van der Waals surface area contributed by atoms with Crippen molar-refractivity contribution in [2.75, 3.05) is 17.6 Å². The van der Waals surface area contributed by atoms with Gasteiger partial charge < -0.3 is 5.11 Å². The average Bonchev–Trinajstić information content (AvgIpc) is 2.45. The van der Waals surface area contributed by atoms with Crippen LogP contribution >= 0.6 is 0 Å². The van der Waals surface area contributed by atoms with E-state index in [1.807, 2.05) is 31.2 Å². The summed E-state index contributed by atoms with van der Waals surface area (Å²) in [5.74, 6) is -1.10. The Morgan fingerprint density at radius 3 is 2.32 bits per heavy atom. The summed E-state index contributed by atoms with van der Waals surface area (Å²) in [4.78, 5) is 11.3. The lowest BCUT2D eigenvalue weighted by Gasteiger charge is -2.18. The zero-order valence-electron chi connectivity index (χ0n) is 12.6. The van der Waals surface area contributed by atoms with Crippen molar-refractivity contribution in [3.63, 3.8) is 0 Å². The van der Waals surface area contributed by atoms with E-state index in [4.69, 9.17) is 0 Å². The number of aromatic carboxylic acids is 1. The molecule has 116 valence electrons. The number of rotatable bonds is 4. The van der Waals surface area contributed by atoms with Crippen molar-refractivity contribution in [2.24, 2.45) is 0 Å². The molecule has 0 amide bonds. The summed E-state index contributed by atoms with van der Waals surface area (Å²) in [6.45, 7) is 1.94. The second kappa shape index (κ2) is 5.81. The van der Waals surface area contributed by atoms with Gasteiger partial charge in [0, 0.05) is 7.05 Å². The van der Waals surface area contributed by atoms with E-state index in [1.165, 1.54) is 19.2 Å². The first kappa shape index (κ1) is 16.0. The number of carboxylic acids is 1. The topological polar surface area (TPSA) is 74.7 Å². The zero-order chi connectivity index (χ0) is 16.5. The number of nitrogens with zero attached hydrogens (tertiary/aromatic N) is 1. The van der Waals surface area contributed by atoms with Crippen LogP contribution in [0.25, 0.3) is 11.1 Å². The van der Waals surface area contributed by atoms with Crippen LogP contribution < -0.4 is 4.31 Å². The molecule has 0 atom stereocenters. The van der Waals surface area contributed by atoms with Gasteiger partial charge in [-0.25, -0.2) is 13.2 Å². The monoisotopic (exact) mass is 319 g/mol. The predicted molar refractivity (Wildman–Crippen MR) is 86.8 cm³/mol. The lowest BCUT2D eigenvalue weighted by atomic mass is 10.0. The van der Waals surface area contributed by atoms with Crippen LogP contribution in [0.5, 0.6) is 0 Å². The number of hydrogen-bond acceptors (Lipinski definition) is 3. The molecule has 22 heavy (non-hydrogen) atoms. The third kappa shape index (κ3) is 3.46. The van der Waals surface area contributed by atoms with Crippen LogP contribution in [0, 0.1) is 6.92 Å². The number of carbonyl (C=O) groups is 1. The summed E-state index contributed by atoms with van der Waals surface area (Å²) >= 11 is 0. The minimum Gasteiger partial charge on any atom is -0.478 e. The fourth-order valence-electron chi connectivity index (χ4n) is 2.10. The van der Waals surface area contributed by atoms with E-state index >= 15 is 0 Å². The molecule has 5 nitrogen and oxygen atoms in total. The van der Waals surface area contributed by atoms with Gasteiger partial charge in [0.1, 0.15) is 0 Å². The first-order valence-electron chi connectivity index (χ1n) is 6.58. The number of benzene rings is 2. The number of anilines is 1. The highest BCUT2D eigenvalue weighted by Gasteiger charge is 2.16. The molecule has 0 aromatic heterocycles. The normalized spacial score (nSPS) is 11.2. The fourth-order valence-corrected chi connectivity index (χ4v) is 2.59. The maximum Gasteiger partial charge on any atom is 0.335 e. The van der Waals surface area contributed by atoms with Gasteiger partial charge in [-0.15, -0.1) is 0 Å². The SMILES string of the molecule is Cc1cccc(-c2cc(C(=O)O)cc(N(C)S(C)(=O)=O)c2)c1. The highest BCUT2D eigenvalue weighted by Crippen LogP contribution is 2.28. The van der Waals surface area contributed by atoms with Crippen molar-refractivity contribution < 1.29 is 18.3 Å². The lowest BCUT2D eigenvalue weighted by Crippen LogP contribution is -2.25. The molecule has 0 bridgehead atoms. The Bertz CT molecular complexity index is 828. The van der Waals surface area contributed by atoms with Crippen LogP contribution in [0.1, 0.15) is 15.9 Å². The van der Waals surface area contributed by atoms with Gasteiger partial charge in [-0.1, -0.05) is 29.8 Å². The highest BCUT2D eigenvalue weighted by molar-refractivity contribution is 7.92. The second-order valence-corrected chi connectivity index (χ2v) is 7.19. The third-order valence-electron chi connectivity index (χ3n) is 3.38. The van der Waals surface area contributed by atoms with Gasteiger partial charge in [0.15, 0.2) is 0 Å². The molecule has 1 N–H and O–H groups in total. The Kier molecular flexibility index (Phi) is 4.23. The van der Waals surface area contributed by atoms with Crippen molar-refractivity contribution in [1.82, 2.24) is 0 Å². The molecule has 0 aliphatic carbocycles. The van der Waals surface area contributed by atoms with Gasteiger partial charge >= 0.3 is 5.97 Å². The predicted octanol–water partition coefficient (Wildman–Crippen LogP) is 2.76. The van der Waals surface area contributed by atoms with Gasteiger partial charge in [-0.2, -0.15) is 0 Å². The molecule has 2 aromatic carbocycles. The van der Waals surface area contributed by atoms with E-state index in [1.54, 1.807) is 6.07 Å². The molecular formula is C16H17NO4S. The number of aryl methyl sites for hydroxylation is 1. The van der Waals surface area contributed by atoms with Gasteiger partial charge in [0.2, 0.25) is 10.0 Å². The van der Waals surface area contributed by atoms with Gasteiger partial charge in [0.25, 0.3) is 0 Å². The smallest absolute Gasteiger partial charge is 0.335 e. The molecule has 0 saturated heterocycles. The summed E-state index contributed by atoms with van der Waals surface area (Å²) in [6.07, 6.45) is 1.08. The molecule has 0 aliphatic rings. The van der Waals surface area contributed by atoms with E-state index in [-0.39, 0.29) is 5.56 Å². The van der Waals surface area contributed by atoms with Crippen LogP contribution in [0.2, 0.25) is 0 Å². The van der Waals surface area contributed by atoms with Crippen LogP contribution in [0.15, 0.2) is 42.5 Å². The lowest BCUT2D eigenvalue weighted by molar-refractivity contribution is 0.0697. The van der Waals surface area contributed by atoms with Crippen molar-refractivity contribution in [3.8, 4) is 11.1 Å². The Morgan fingerprint density at radius 2 is 1.77 bits per heavy atom. The Labute approximate surface area is 129 Å². The van der Waals surface area contributed by atoms with Gasteiger partial charge in [-0.3, -0.25) is 4.31 Å². The zero-order valence-corrected chi connectivity index (χ0v) is 13.4. The number of carboxylic acid groups (broad SMARTS) is 1. The highest BCUT2D eigenvalue weighted by atomic mass is 32.2. The van der Waals surface area contributed by atoms with Crippen molar-refractivity contribution in [2.45, 2.75) is 6.92 Å². The Balaban J connectivity index is 2.65. The van der Waals surface area contributed by atoms with E-state index in [0.29, 0.717) is 11.3 Å². The minimum atomic E-state index is -3.47. The molecule has 0 unspecified atom stereocenters. The van der Waals surface area contributed by atoms with E-state index in [2.05, 4.69) is 0 Å². The number of sulfonamides is 1. The minimum absolute atomic E-state index is 0.0458. The van der Waals surface area contributed by atoms with E-state index in [0.717, 1.165) is 21.7 Å². The van der Waals surface area contributed by atoms with Crippen molar-refractivity contribution in [3.05, 3.63) is 53.6 Å². The summed E-state index contributed by atoms with van der Waals surface area (Å²) in [5.41, 5.74) is 2.90. The van der Waals surface area contributed by atoms with Crippen LogP contribution in [0.4, 0.5) is 5.69 Å². The molecule has 0 heterocycles. The summed E-state index contributed by atoms with van der Waals surface area (Å²) < 4.78 is 24.5. The fraction of sp³-hybridized carbons (Fsp3) is 0.188. The molecular weight excluding hydrogens is 302 g/mol. The van der Waals surface area contributed by atoms with Crippen molar-refractivity contribution >= 4 is 21.7 Å². The maximum atomic E-state index is 11.7. The van der Waals surface area contributed by atoms with Crippen molar-refractivity contribution in [1.29, 1.82) is 0 Å². The molecule has 0 aliphatic heterocycles. The standard InChI is InChI=1S/C16H17NO4S/c1-11-5-4-6-12(7-11)13-8-14(16(18)19)10-15(9-13)17(2)22(3,20)21/h4-10H,1-3H3,(H,18,19). The maximum absolute atomic E-state index is 11.7. The van der Waals surface area contributed by atoms with Gasteiger partial charge in [-0.05, 0) is 36.2 Å². The summed E-state index contributed by atoms with van der Waals surface area (Å²) in [5, 5.41) is 9.25. The van der Waals surface area contributed by atoms with Crippen LogP contribution in [-0.4, -0.2) is 32.8 Å². The molecule has 0 saturated carbocycles. The van der Waals surface area contributed by atoms with Gasteiger partial charge in [0.05, 0.1) is 17.5 Å².